The van der Waals surface area contributed by atoms with Crippen molar-refractivity contribution in [3.8, 4) is 0 Å². The van der Waals surface area contributed by atoms with Crippen molar-refractivity contribution in [3.05, 3.63) is 35.4 Å². The molecule has 0 bridgehead atoms. The first kappa shape index (κ1) is 13.0. The van der Waals surface area contributed by atoms with Crippen LogP contribution in [-0.2, 0) is 0 Å². The van der Waals surface area contributed by atoms with Crippen molar-refractivity contribution >= 4 is 5.91 Å². The first-order chi connectivity index (χ1) is 8.50. The summed E-state index contributed by atoms with van der Waals surface area (Å²) >= 11 is 0. The van der Waals surface area contributed by atoms with Gasteiger partial charge in [0.1, 0.15) is 0 Å². The molecule has 2 atom stereocenters. The maximum absolute atomic E-state index is 13.2. The number of halogens is 2. The van der Waals surface area contributed by atoms with Crippen LogP contribution in [0.4, 0.5) is 8.78 Å². The molecule has 0 saturated carbocycles. The highest BCUT2D eigenvalue weighted by Crippen LogP contribution is 2.25. The Morgan fingerprint density at radius 3 is 2.33 bits per heavy atom. The lowest BCUT2D eigenvalue weighted by Crippen LogP contribution is -2.47. The van der Waals surface area contributed by atoms with Gasteiger partial charge in [0, 0.05) is 17.6 Å². The molecule has 0 N–H and O–H groups in total. The van der Waals surface area contributed by atoms with Crippen LogP contribution in [0.5, 0.6) is 0 Å². The Hall–Kier alpha value is -1.45. The number of hydrogen-bond donors (Lipinski definition) is 0. The average molecular weight is 253 g/mol. The van der Waals surface area contributed by atoms with Gasteiger partial charge in [0.05, 0.1) is 0 Å². The fourth-order valence-electron chi connectivity index (χ4n) is 2.60. The zero-order valence-electron chi connectivity index (χ0n) is 10.6. The van der Waals surface area contributed by atoms with Crippen LogP contribution in [0.15, 0.2) is 18.2 Å². The number of amides is 1. The Kier molecular flexibility index (Phi) is 3.64. The number of piperidine rings is 1. The third-order valence-corrected chi connectivity index (χ3v) is 3.59. The van der Waals surface area contributed by atoms with E-state index < -0.39 is 11.6 Å². The molecule has 18 heavy (non-hydrogen) atoms. The smallest absolute Gasteiger partial charge is 0.254 e. The molecule has 0 spiro atoms. The molecule has 0 aromatic heterocycles. The van der Waals surface area contributed by atoms with Gasteiger partial charge in [0.25, 0.3) is 5.91 Å². The number of likely N-dealkylation sites (tertiary alicyclic amines) is 1. The molecular formula is C14H17F2NO. The SMILES string of the molecule is C[C@@H]1CCC[C@H](C)N1C(=O)c1ccc(F)c(F)c1. The van der Waals surface area contributed by atoms with Gasteiger partial charge in [-0.25, -0.2) is 8.78 Å². The van der Waals surface area contributed by atoms with Gasteiger partial charge < -0.3 is 4.90 Å². The number of nitrogens with zero attached hydrogens (tertiary/aromatic N) is 1. The highest BCUT2D eigenvalue weighted by atomic mass is 19.2. The standard InChI is InChI=1S/C14H17F2NO/c1-9-4-3-5-10(2)17(9)14(18)11-6-7-12(15)13(16)8-11/h6-10H,3-5H2,1-2H3/t9-,10+. The van der Waals surface area contributed by atoms with Crippen molar-refractivity contribution in [2.75, 3.05) is 0 Å². The molecule has 0 unspecified atom stereocenters. The van der Waals surface area contributed by atoms with Crippen molar-refractivity contribution in [1.82, 2.24) is 4.90 Å². The van der Waals surface area contributed by atoms with Gasteiger partial charge in [0.2, 0.25) is 0 Å². The van der Waals surface area contributed by atoms with E-state index in [2.05, 4.69) is 0 Å². The van der Waals surface area contributed by atoms with Crippen molar-refractivity contribution < 1.29 is 13.6 Å². The van der Waals surface area contributed by atoms with Crippen molar-refractivity contribution in [2.45, 2.75) is 45.2 Å². The molecule has 98 valence electrons. The van der Waals surface area contributed by atoms with Gasteiger partial charge in [-0.2, -0.15) is 0 Å². The van der Waals surface area contributed by atoms with E-state index in [1.807, 2.05) is 13.8 Å². The Labute approximate surface area is 106 Å². The second-order valence-electron chi connectivity index (χ2n) is 4.97. The van der Waals surface area contributed by atoms with Crippen LogP contribution >= 0.6 is 0 Å². The summed E-state index contributed by atoms with van der Waals surface area (Å²) in [7, 11) is 0. The summed E-state index contributed by atoms with van der Waals surface area (Å²) in [4.78, 5) is 14.1. The number of hydrogen-bond acceptors (Lipinski definition) is 1. The lowest BCUT2D eigenvalue weighted by molar-refractivity contribution is 0.0510. The van der Waals surface area contributed by atoms with E-state index in [0.717, 1.165) is 31.4 Å². The average Bonchev–Trinajstić information content (AvgIpc) is 2.32. The summed E-state index contributed by atoms with van der Waals surface area (Å²) in [5, 5.41) is 0. The van der Waals surface area contributed by atoms with E-state index in [1.54, 1.807) is 4.90 Å². The van der Waals surface area contributed by atoms with Crippen LogP contribution in [0.3, 0.4) is 0 Å². The summed E-state index contributed by atoms with van der Waals surface area (Å²) in [6, 6.07) is 3.62. The molecular weight excluding hydrogens is 236 g/mol. The summed E-state index contributed by atoms with van der Waals surface area (Å²) in [6.07, 6.45) is 3.02. The molecule has 0 radical (unpaired) electrons. The maximum Gasteiger partial charge on any atom is 0.254 e. The molecule has 1 saturated heterocycles. The van der Waals surface area contributed by atoms with Crippen molar-refractivity contribution in [1.29, 1.82) is 0 Å². The molecule has 1 aromatic carbocycles. The zero-order valence-corrected chi connectivity index (χ0v) is 10.6. The van der Waals surface area contributed by atoms with Gasteiger partial charge in [-0.05, 0) is 51.3 Å². The van der Waals surface area contributed by atoms with Crippen LogP contribution < -0.4 is 0 Å². The highest BCUT2D eigenvalue weighted by molar-refractivity contribution is 5.94. The van der Waals surface area contributed by atoms with Gasteiger partial charge in [-0.15, -0.1) is 0 Å². The fourth-order valence-corrected chi connectivity index (χ4v) is 2.60. The molecule has 1 heterocycles. The Bertz CT molecular complexity index is 451. The largest absolute Gasteiger partial charge is 0.333 e. The van der Waals surface area contributed by atoms with Crippen molar-refractivity contribution in [3.63, 3.8) is 0 Å². The van der Waals surface area contributed by atoms with E-state index in [0.29, 0.717) is 0 Å². The minimum absolute atomic E-state index is 0.148. The van der Waals surface area contributed by atoms with E-state index in [-0.39, 0.29) is 23.6 Å². The minimum atomic E-state index is -0.974. The quantitative estimate of drug-likeness (QED) is 0.751. The number of carbonyl (C=O) groups is 1. The normalized spacial score (nSPS) is 24.1. The number of carbonyl (C=O) groups excluding carboxylic acids is 1. The molecule has 1 amide bonds. The first-order valence-electron chi connectivity index (χ1n) is 6.28. The lowest BCUT2D eigenvalue weighted by Gasteiger charge is -2.39. The molecule has 0 aliphatic carbocycles. The highest BCUT2D eigenvalue weighted by Gasteiger charge is 2.29. The van der Waals surface area contributed by atoms with Crippen LogP contribution in [0.1, 0.15) is 43.5 Å². The molecule has 1 aliphatic rings. The lowest BCUT2D eigenvalue weighted by atomic mass is 9.96. The molecule has 4 heteroatoms. The molecule has 1 fully saturated rings. The van der Waals surface area contributed by atoms with E-state index in [4.69, 9.17) is 0 Å². The molecule has 1 aromatic rings. The van der Waals surface area contributed by atoms with Crippen LogP contribution in [-0.4, -0.2) is 22.9 Å². The minimum Gasteiger partial charge on any atom is -0.333 e. The zero-order chi connectivity index (χ0) is 13.3. The van der Waals surface area contributed by atoms with Crippen LogP contribution in [0, 0.1) is 11.6 Å². The van der Waals surface area contributed by atoms with Crippen molar-refractivity contribution in [2.24, 2.45) is 0 Å². The topological polar surface area (TPSA) is 20.3 Å². The predicted octanol–water partition coefficient (Wildman–Crippen LogP) is 3.37. The van der Waals surface area contributed by atoms with Crippen LogP contribution in [0.25, 0.3) is 0 Å². The first-order valence-corrected chi connectivity index (χ1v) is 6.28. The molecule has 2 nitrogen and oxygen atoms in total. The Morgan fingerprint density at radius 2 is 1.78 bits per heavy atom. The van der Waals surface area contributed by atoms with E-state index >= 15 is 0 Å². The van der Waals surface area contributed by atoms with Gasteiger partial charge in [-0.1, -0.05) is 0 Å². The Balaban J connectivity index is 2.26. The van der Waals surface area contributed by atoms with Gasteiger partial charge in [-0.3, -0.25) is 4.79 Å². The van der Waals surface area contributed by atoms with Gasteiger partial charge in [0.15, 0.2) is 11.6 Å². The molecule has 1 aliphatic heterocycles. The number of benzene rings is 1. The molecule has 2 rings (SSSR count). The summed E-state index contributed by atoms with van der Waals surface area (Å²) in [5.74, 6) is -2.11. The van der Waals surface area contributed by atoms with Gasteiger partial charge >= 0.3 is 0 Å². The second kappa shape index (κ2) is 5.04. The van der Waals surface area contributed by atoms with Crippen LogP contribution in [0.2, 0.25) is 0 Å². The predicted molar refractivity (Wildman–Crippen MR) is 65.3 cm³/mol. The van der Waals surface area contributed by atoms with E-state index in [9.17, 15) is 13.6 Å². The second-order valence-corrected chi connectivity index (χ2v) is 4.97. The summed E-state index contributed by atoms with van der Waals surface area (Å²) in [6.45, 7) is 3.99. The monoisotopic (exact) mass is 253 g/mol. The number of rotatable bonds is 1. The Morgan fingerprint density at radius 1 is 1.17 bits per heavy atom. The fraction of sp³-hybridized carbons (Fsp3) is 0.500. The third-order valence-electron chi connectivity index (χ3n) is 3.59. The summed E-state index contributed by atoms with van der Waals surface area (Å²) in [5.41, 5.74) is 0.217. The summed E-state index contributed by atoms with van der Waals surface area (Å²) < 4.78 is 26.0. The third kappa shape index (κ3) is 2.37. The maximum atomic E-state index is 13.2. The van der Waals surface area contributed by atoms with E-state index in [1.165, 1.54) is 6.07 Å².